The second-order valence-electron chi connectivity index (χ2n) is 5.18. The summed E-state index contributed by atoms with van der Waals surface area (Å²) in [6, 6.07) is 8.60. The van der Waals surface area contributed by atoms with Gasteiger partial charge in [0.15, 0.2) is 0 Å². The van der Waals surface area contributed by atoms with E-state index >= 15 is 0 Å². The van der Waals surface area contributed by atoms with E-state index in [-0.39, 0.29) is 18.7 Å². The van der Waals surface area contributed by atoms with E-state index in [0.717, 1.165) is 13.0 Å². The molecule has 0 amide bonds. The Morgan fingerprint density at radius 2 is 2.10 bits per heavy atom. The SMILES string of the molecule is CCC(N)C(c1cccc(C)c1)N(CCO)CCOC. The fourth-order valence-electron chi connectivity index (χ4n) is 2.53. The molecule has 0 heterocycles. The highest BCUT2D eigenvalue weighted by molar-refractivity contribution is 5.26. The fourth-order valence-corrected chi connectivity index (χ4v) is 2.53. The number of nitrogens with two attached hydrogens (primary N) is 1. The Bertz CT molecular complexity index is 384. The van der Waals surface area contributed by atoms with Crippen molar-refractivity contribution in [2.24, 2.45) is 5.73 Å². The highest BCUT2D eigenvalue weighted by Gasteiger charge is 2.25. The molecule has 0 bridgehead atoms. The van der Waals surface area contributed by atoms with Crippen LogP contribution in [0.25, 0.3) is 0 Å². The van der Waals surface area contributed by atoms with Crippen LogP contribution in [0.15, 0.2) is 24.3 Å². The summed E-state index contributed by atoms with van der Waals surface area (Å²) < 4.78 is 5.18. The number of nitrogens with zero attached hydrogens (tertiary/aromatic N) is 1. The van der Waals surface area contributed by atoms with Gasteiger partial charge in [0.2, 0.25) is 0 Å². The van der Waals surface area contributed by atoms with Crippen molar-refractivity contribution in [1.29, 1.82) is 0 Å². The average molecular weight is 280 g/mol. The molecule has 0 aromatic heterocycles. The van der Waals surface area contributed by atoms with Gasteiger partial charge in [-0.05, 0) is 18.9 Å². The number of hydrogen-bond acceptors (Lipinski definition) is 4. The van der Waals surface area contributed by atoms with Crippen molar-refractivity contribution in [3.8, 4) is 0 Å². The summed E-state index contributed by atoms with van der Waals surface area (Å²) in [4.78, 5) is 2.21. The van der Waals surface area contributed by atoms with Crippen molar-refractivity contribution in [2.75, 3.05) is 33.4 Å². The maximum Gasteiger partial charge on any atom is 0.0589 e. The van der Waals surface area contributed by atoms with E-state index in [9.17, 15) is 5.11 Å². The summed E-state index contributed by atoms with van der Waals surface area (Å²) in [6.07, 6.45) is 0.896. The summed E-state index contributed by atoms with van der Waals surface area (Å²) in [7, 11) is 1.69. The number of rotatable bonds is 9. The predicted molar refractivity (Wildman–Crippen MR) is 82.7 cm³/mol. The van der Waals surface area contributed by atoms with Crippen LogP contribution < -0.4 is 5.73 Å². The largest absolute Gasteiger partial charge is 0.395 e. The topological polar surface area (TPSA) is 58.7 Å². The van der Waals surface area contributed by atoms with Gasteiger partial charge in [0.1, 0.15) is 0 Å². The van der Waals surface area contributed by atoms with Crippen molar-refractivity contribution in [3.63, 3.8) is 0 Å². The number of aryl methyl sites for hydroxylation is 1. The summed E-state index contributed by atoms with van der Waals surface area (Å²) in [6.45, 7) is 6.32. The molecule has 4 nitrogen and oxygen atoms in total. The van der Waals surface area contributed by atoms with E-state index in [1.165, 1.54) is 11.1 Å². The summed E-state index contributed by atoms with van der Waals surface area (Å²) in [5.41, 5.74) is 8.78. The van der Waals surface area contributed by atoms with Crippen molar-refractivity contribution in [3.05, 3.63) is 35.4 Å². The summed E-state index contributed by atoms with van der Waals surface area (Å²) in [5.74, 6) is 0. The number of ether oxygens (including phenoxy) is 1. The smallest absolute Gasteiger partial charge is 0.0589 e. The number of aliphatic hydroxyl groups is 1. The van der Waals surface area contributed by atoms with Crippen LogP contribution in [0.2, 0.25) is 0 Å². The highest BCUT2D eigenvalue weighted by Crippen LogP contribution is 2.25. The third kappa shape index (κ3) is 4.87. The maximum atomic E-state index is 9.32. The standard InChI is InChI=1S/C16H28N2O2/c1-4-15(17)16(14-7-5-6-13(2)12-14)18(8-10-19)9-11-20-3/h5-7,12,15-16,19H,4,8-11,17H2,1-3H3. The zero-order valence-electron chi connectivity index (χ0n) is 12.9. The van der Waals surface area contributed by atoms with Gasteiger partial charge in [-0.2, -0.15) is 0 Å². The first-order chi connectivity index (χ1) is 9.63. The lowest BCUT2D eigenvalue weighted by atomic mass is 9.95. The molecule has 2 atom stereocenters. The van der Waals surface area contributed by atoms with E-state index in [1.54, 1.807) is 7.11 Å². The third-order valence-corrected chi connectivity index (χ3v) is 3.62. The van der Waals surface area contributed by atoms with Crippen LogP contribution in [0.3, 0.4) is 0 Å². The van der Waals surface area contributed by atoms with Gasteiger partial charge in [-0.15, -0.1) is 0 Å². The Hall–Kier alpha value is -0.940. The van der Waals surface area contributed by atoms with E-state index in [1.807, 2.05) is 0 Å². The van der Waals surface area contributed by atoms with Gasteiger partial charge in [0.25, 0.3) is 0 Å². The van der Waals surface area contributed by atoms with E-state index in [4.69, 9.17) is 10.5 Å². The van der Waals surface area contributed by atoms with Gasteiger partial charge in [-0.25, -0.2) is 0 Å². The average Bonchev–Trinajstić information content (AvgIpc) is 2.44. The lowest BCUT2D eigenvalue weighted by molar-refractivity contribution is 0.0899. The lowest BCUT2D eigenvalue weighted by Crippen LogP contribution is -2.43. The zero-order valence-corrected chi connectivity index (χ0v) is 12.9. The second kappa shape index (κ2) is 9.08. The minimum atomic E-state index is 0.0419. The Balaban J connectivity index is 3.01. The number of hydrogen-bond donors (Lipinski definition) is 2. The molecule has 0 spiro atoms. The quantitative estimate of drug-likeness (QED) is 0.723. The first-order valence-corrected chi connectivity index (χ1v) is 7.30. The van der Waals surface area contributed by atoms with Crippen LogP contribution in [-0.2, 0) is 4.74 Å². The molecule has 4 heteroatoms. The van der Waals surface area contributed by atoms with Gasteiger partial charge in [-0.1, -0.05) is 36.8 Å². The van der Waals surface area contributed by atoms with Crippen molar-refractivity contribution in [1.82, 2.24) is 4.90 Å². The normalized spacial score (nSPS) is 14.5. The minimum absolute atomic E-state index is 0.0419. The fraction of sp³-hybridized carbons (Fsp3) is 0.625. The highest BCUT2D eigenvalue weighted by atomic mass is 16.5. The zero-order chi connectivity index (χ0) is 15.0. The molecule has 3 N–H and O–H groups in total. The van der Waals surface area contributed by atoms with Crippen LogP contribution in [-0.4, -0.2) is 49.5 Å². The molecule has 2 unspecified atom stereocenters. The maximum absolute atomic E-state index is 9.32. The third-order valence-electron chi connectivity index (χ3n) is 3.62. The number of benzene rings is 1. The number of aliphatic hydroxyl groups excluding tert-OH is 1. The van der Waals surface area contributed by atoms with Crippen LogP contribution in [0.4, 0.5) is 0 Å². The molecule has 0 radical (unpaired) electrons. The Morgan fingerprint density at radius 3 is 2.65 bits per heavy atom. The molecular formula is C16H28N2O2. The first-order valence-electron chi connectivity index (χ1n) is 7.30. The van der Waals surface area contributed by atoms with Gasteiger partial charge in [-0.3, -0.25) is 4.90 Å². The lowest BCUT2D eigenvalue weighted by Gasteiger charge is -2.35. The molecule has 0 aliphatic heterocycles. The molecule has 0 saturated carbocycles. The first kappa shape index (κ1) is 17.1. The molecule has 1 aromatic carbocycles. The second-order valence-corrected chi connectivity index (χ2v) is 5.18. The van der Waals surface area contributed by atoms with Crippen LogP contribution in [0, 0.1) is 6.92 Å². The summed E-state index contributed by atoms with van der Waals surface area (Å²) in [5, 5.41) is 9.32. The summed E-state index contributed by atoms with van der Waals surface area (Å²) >= 11 is 0. The molecule has 0 aliphatic rings. The van der Waals surface area contributed by atoms with Crippen molar-refractivity contribution in [2.45, 2.75) is 32.4 Å². The van der Waals surface area contributed by atoms with Crippen LogP contribution in [0.1, 0.15) is 30.5 Å². The Morgan fingerprint density at radius 1 is 1.35 bits per heavy atom. The Kier molecular flexibility index (Phi) is 7.77. The van der Waals surface area contributed by atoms with E-state index in [2.05, 4.69) is 43.0 Å². The molecule has 0 fully saturated rings. The van der Waals surface area contributed by atoms with Gasteiger partial charge in [0, 0.05) is 26.2 Å². The van der Waals surface area contributed by atoms with E-state index in [0.29, 0.717) is 13.2 Å². The molecular weight excluding hydrogens is 252 g/mol. The molecule has 114 valence electrons. The van der Waals surface area contributed by atoms with Gasteiger partial charge >= 0.3 is 0 Å². The monoisotopic (exact) mass is 280 g/mol. The van der Waals surface area contributed by atoms with Gasteiger partial charge < -0.3 is 15.6 Å². The van der Waals surface area contributed by atoms with Crippen molar-refractivity contribution < 1.29 is 9.84 Å². The predicted octanol–water partition coefficient (Wildman–Crippen LogP) is 1.71. The Labute approximate surface area is 122 Å². The van der Waals surface area contributed by atoms with Crippen molar-refractivity contribution >= 4 is 0 Å². The van der Waals surface area contributed by atoms with Crippen LogP contribution in [0.5, 0.6) is 0 Å². The molecule has 20 heavy (non-hydrogen) atoms. The molecule has 0 saturated heterocycles. The van der Waals surface area contributed by atoms with Crippen LogP contribution >= 0.6 is 0 Å². The van der Waals surface area contributed by atoms with Gasteiger partial charge in [0.05, 0.1) is 19.3 Å². The molecule has 1 rings (SSSR count). The molecule has 1 aromatic rings. The minimum Gasteiger partial charge on any atom is -0.395 e. The molecule has 0 aliphatic carbocycles. The number of methoxy groups -OCH3 is 1. The van der Waals surface area contributed by atoms with E-state index < -0.39 is 0 Å².